The summed E-state index contributed by atoms with van der Waals surface area (Å²) in [5.74, 6) is 0.00209. The van der Waals surface area contributed by atoms with Gasteiger partial charge < -0.3 is 0 Å². The van der Waals surface area contributed by atoms with Crippen LogP contribution in [0.2, 0.25) is 0 Å². The first-order chi connectivity index (χ1) is 12.1. The second-order valence-corrected chi connectivity index (χ2v) is 7.60. The minimum Gasteiger partial charge on any atom is -0.284 e. The van der Waals surface area contributed by atoms with Gasteiger partial charge in [0.05, 0.1) is 5.69 Å². The molecule has 25 heavy (non-hydrogen) atoms. The Hall–Kier alpha value is -1.98. The highest BCUT2D eigenvalue weighted by atomic mass is 79.9. The Morgan fingerprint density at radius 3 is 2.64 bits per heavy atom. The Balaban J connectivity index is 1.91. The average molecular weight is 415 g/mol. The lowest BCUT2D eigenvalue weighted by Crippen LogP contribution is -2.31. The number of hydrogen-bond donors (Lipinski definition) is 0. The third-order valence-electron chi connectivity index (χ3n) is 3.82. The molecule has 0 spiro atoms. The minimum absolute atomic E-state index is 0.00209. The van der Waals surface area contributed by atoms with Crippen molar-refractivity contribution < 1.29 is 4.79 Å². The molecule has 0 aliphatic rings. The van der Waals surface area contributed by atoms with Gasteiger partial charge in [0, 0.05) is 27.5 Å². The van der Waals surface area contributed by atoms with E-state index in [1.54, 1.807) is 4.90 Å². The molecule has 0 unspecified atom stereocenters. The number of nitrogens with zero attached hydrogens (tertiary/aromatic N) is 2. The van der Waals surface area contributed by atoms with E-state index in [2.05, 4.69) is 22.9 Å². The van der Waals surface area contributed by atoms with Gasteiger partial charge in [0.2, 0.25) is 0 Å². The van der Waals surface area contributed by atoms with E-state index in [0.29, 0.717) is 12.1 Å². The van der Waals surface area contributed by atoms with Crippen LogP contribution in [0.1, 0.15) is 29.3 Å². The number of benzene rings is 2. The molecular formula is C20H19BrN2OS. The molecule has 128 valence electrons. The van der Waals surface area contributed by atoms with E-state index in [1.807, 2.05) is 60.8 Å². The molecule has 3 nitrogen and oxygen atoms in total. The third kappa shape index (κ3) is 4.17. The Bertz CT molecular complexity index is 873. The van der Waals surface area contributed by atoms with Gasteiger partial charge in [-0.15, -0.1) is 11.3 Å². The maximum Gasteiger partial charge on any atom is 0.260 e. The summed E-state index contributed by atoms with van der Waals surface area (Å²) in [4.78, 5) is 19.5. The standard InChI is InChI=1S/C20H19BrN2OS/c1-3-11-23(19(24)16-6-4-5-14(2)12-16)20-22-18(13-25-20)15-7-9-17(21)10-8-15/h4-10,12-13H,3,11H2,1-2H3. The van der Waals surface area contributed by atoms with E-state index in [9.17, 15) is 4.79 Å². The molecule has 0 saturated carbocycles. The molecule has 0 radical (unpaired) electrons. The molecule has 1 heterocycles. The fourth-order valence-electron chi connectivity index (χ4n) is 2.58. The zero-order valence-corrected chi connectivity index (χ0v) is 16.6. The molecule has 2 aromatic carbocycles. The first kappa shape index (κ1) is 17.8. The number of carbonyl (C=O) groups excluding carboxylic acids is 1. The first-order valence-corrected chi connectivity index (χ1v) is 9.85. The van der Waals surface area contributed by atoms with Crippen molar-refractivity contribution in [2.75, 3.05) is 11.4 Å². The van der Waals surface area contributed by atoms with Gasteiger partial charge in [0.25, 0.3) is 5.91 Å². The van der Waals surface area contributed by atoms with Crippen molar-refractivity contribution in [3.63, 3.8) is 0 Å². The topological polar surface area (TPSA) is 33.2 Å². The second-order valence-electron chi connectivity index (χ2n) is 5.85. The lowest BCUT2D eigenvalue weighted by molar-refractivity contribution is 0.0987. The lowest BCUT2D eigenvalue weighted by Gasteiger charge is -2.19. The predicted octanol–water partition coefficient (Wildman–Crippen LogP) is 5.94. The molecule has 0 atom stereocenters. The van der Waals surface area contributed by atoms with E-state index < -0.39 is 0 Å². The lowest BCUT2D eigenvalue weighted by atomic mass is 10.1. The second kappa shape index (κ2) is 7.93. The minimum atomic E-state index is 0.00209. The van der Waals surface area contributed by atoms with Gasteiger partial charge in [-0.25, -0.2) is 4.98 Å². The van der Waals surface area contributed by atoms with E-state index in [-0.39, 0.29) is 5.91 Å². The smallest absolute Gasteiger partial charge is 0.260 e. The SMILES string of the molecule is CCCN(C(=O)c1cccc(C)c1)c1nc(-c2ccc(Br)cc2)cs1. The van der Waals surface area contributed by atoms with Crippen LogP contribution in [0.25, 0.3) is 11.3 Å². The van der Waals surface area contributed by atoms with Crippen LogP contribution in [0.5, 0.6) is 0 Å². The highest BCUT2D eigenvalue weighted by molar-refractivity contribution is 9.10. The van der Waals surface area contributed by atoms with Gasteiger partial charge in [0.15, 0.2) is 5.13 Å². The maximum atomic E-state index is 13.0. The fraction of sp³-hybridized carbons (Fsp3) is 0.200. The van der Waals surface area contributed by atoms with Crippen LogP contribution in [0.3, 0.4) is 0 Å². The monoisotopic (exact) mass is 414 g/mol. The molecule has 1 aromatic heterocycles. The quantitative estimate of drug-likeness (QED) is 0.517. The van der Waals surface area contributed by atoms with E-state index in [0.717, 1.165) is 32.8 Å². The van der Waals surface area contributed by atoms with Gasteiger partial charge >= 0.3 is 0 Å². The number of carbonyl (C=O) groups is 1. The van der Waals surface area contributed by atoms with Gasteiger partial charge in [-0.1, -0.05) is 52.7 Å². The molecule has 0 aliphatic carbocycles. The van der Waals surface area contributed by atoms with Crippen LogP contribution in [0.15, 0.2) is 58.4 Å². The first-order valence-electron chi connectivity index (χ1n) is 8.18. The summed E-state index contributed by atoms with van der Waals surface area (Å²) in [6.45, 7) is 4.72. The van der Waals surface area contributed by atoms with Crippen molar-refractivity contribution in [2.45, 2.75) is 20.3 Å². The summed E-state index contributed by atoms with van der Waals surface area (Å²) in [5, 5.41) is 2.75. The Labute approximate surface area is 160 Å². The van der Waals surface area contributed by atoms with Crippen molar-refractivity contribution in [3.05, 3.63) is 69.5 Å². The number of aryl methyl sites for hydroxylation is 1. The van der Waals surface area contributed by atoms with E-state index >= 15 is 0 Å². The number of hydrogen-bond acceptors (Lipinski definition) is 3. The Morgan fingerprint density at radius 2 is 1.96 bits per heavy atom. The van der Waals surface area contributed by atoms with Crippen LogP contribution in [0, 0.1) is 6.92 Å². The zero-order chi connectivity index (χ0) is 17.8. The van der Waals surface area contributed by atoms with Gasteiger partial charge in [-0.3, -0.25) is 9.69 Å². The molecule has 1 amide bonds. The molecule has 0 N–H and O–H groups in total. The number of rotatable bonds is 5. The summed E-state index contributed by atoms with van der Waals surface area (Å²) < 4.78 is 1.04. The van der Waals surface area contributed by atoms with Crippen LogP contribution in [-0.2, 0) is 0 Å². The zero-order valence-electron chi connectivity index (χ0n) is 14.2. The van der Waals surface area contributed by atoms with Crippen molar-refractivity contribution in [3.8, 4) is 11.3 Å². The summed E-state index contributed by atoms with van der Waals surface area (Å²) in [6, 6.07) is 15.7. The number of halogens is 1. The average Bonchev–Trinajstić information content (AvgIpc) is 3.09. The van der Waals surface area contributed by atoms with Crippen LogP contribution in [0.4, 0.5) is 5.13 Å². The summed E-state index contributed by atoms with van der Waals surface area (Å²) in [6.07, 6.45) is 0.880. The van der Waals surface area contributed by atoms with Crippen LogP contribution < -0.4 is 4.90 Å². The number of thiazole rings is 1. The normalized spacial score (nSPS) is 10.7. The number of anilines is 1. The van der Waals surface area contributed by atoms with Crippen molar-refractivity contribution >= 4 is 38.3 Å². The molecule has 3 aromatic rings. The molecule has 0 saturated heterocycles. The Morgan fingerprint density at radius 1 is 1.20 bits per heavy atom. The van der Waals surface area contributed by atoms with Crippen molar-refractivity contribution in [1.82, 2.24) is 4.98 Å². The fourth-order valence-corrected chi connectivity index (χ4v) is 3.71. The van der Waals surface area contributed by atoms with Gasteiger partial charge in [-0.2, -0.15) is 0 Å². The van der Waals surface area contributed by atoms with Gasteiger partial charge in [-0.05, 0) is 37.6 Å². The molecule has 0 bridgehead atoms. The number of amides is 1. The van der Waals surface area contributed by atoms with Crippen LogP contribution >= 0.6 is 27.3 Å². The number of aromatic nitrogens is 1. The van der Waals surface area contributed by atoms with E-state index in [4.69, 9.17) is 4.98 Å². The predicted molar refractivity (Wildman–Crippen MR) is 108 cm³/mol. The van der Waals surface area contributed by atoms with Crippen molar-refractivity contribution in [2.24, 2.45) is 0 Å². The van der Waals surface area contributed by atoms with Crippen LogP contribution in [-0.4, -0.2) is 17.4 Å². The Kier molecular flexibility index (Phi) is 5.66. The summed E-state index contributed by atoms with van der Waals surface area (Å²) in [7, 11) is 0. The summed E-state index contributed by atoms with van der Waals surface area (Å²) in [5.41, 5.74) is 3.72. The summed E-state index contributed by atoms with van der Waals surface area (Å²) >= 11 is 4.95. The maximum absolute atomic E-state index is 13.0. The van der Waals surface area contributed by atoms with Gasteiger partial charge in [0.1, 0.15) is 0 Å². The molecule has 3 rings (SSSR count). The molecular weight excluding hydrogens is 396 g/mol. The highest BCUT2D eigenvalue weighted by Gasteiger charge is 2.20. The largest absolute Gasteiger partial charge is 0.284 e. The molecule has 0 aliphatic heterocycles. The third-order valence-corrected chi connectivity index (χ3v) is 5.21. The van der Waals surface area contributed by atoms with Crippen molar-refractivity contribution in [1.29, 1.82) is 0 Å². The van der Waals surface area contributed by atoms with E-state index in [1.165, 1.54) is 11.3 Å². The highest BCUT2D eigenvalue weighted by Crippen LogP contribution is 2.29. The molecule has 0 fully saturated rings. The molecule has 5 heteroatoms.